The Hall–Kier alpha value is -3.12. The lowest BCUT2D eigenvalue weighted by atomic mass is 10.2. The molecule has 2 aromatic carbocycles. The van der Waals surface area contributed by atoms with Crippen LogP contribution in [-0.4, -0.2) is 20.3 Å². The maximum absolute atomic E-state index is 13.1. The van der Waals surface area contributed by atoms with Crippen LogP contribution in [0.25, 0.3) is 21.8 Å². The summed E-state index contributed by atoms with van der Waals surface area (Å²) in [6.07, 6.45) is 2.55. The van der Waals surface area contributed by atoms with Gasteiger partial charge in [-0.25, -0.2) is 4.68 Å². The molecule has 4 rings (SSSR count). The second-order valence-electron chi connectivity index (χ2n) is 6.57. The van der Waals surface area contributed by atoms with E-state index in [2.05, 4.69) is 17.3 Å². The minimum atomic E-state index is -0.361. The number of carbonyl (C=O) groups is 1. The number of hydrogen-bond donors (Lipinski definition) is 1. The first-order valence-corrected chi connectivity index (χ1v) is 9.49. The Morgan fingerprint density at radius 3 is 2.64 bits per heavy atom. The van der Waals surface area contributed by atoms with Gasteiger partial charge in [0.05, 0.1) is 16.9 Å². The average Bonchev–Trinajstić information content (AvgIpc) is 3.01. The van der Waals surface area contributed by atoms with Crippen LogP contribution in [-0.2, 0) is 17.9 Å². The highest BCUT2D eigenvalue weighted by Gasteiger charge is 2.16. The quantitative estimate of drug-likeness (QED) is 0.555. The maximum atomic E-state index is 13.1. The zero-order valence-electron chi connectivity index (χ0n) is 15.4. The highest BCUT2D eigenvalue weighted by molar-refractivity contribution is 6.33. The molecule has 0 saturated heterocycles. The third-order valence-corrected chi connectivity index (χ3v) is 4.99. The predicted octanol–water partition coefficient (Wildman–Crippen LogP) is 4.05. The zero-order chi connectivity index (χ0) is 19.7. The number of amides is 1. The summed E-state index contributed by atoms with van der Waals surface area (Å²) < 4.78 is 3.21. The van der Waals surface area contributed by atoms with E-state index in [9.17, 15) is 9.59 Å². The Kier molecular flexibility index (Phi) is 4.88. The van der Waals surface area contributed by atoms with Gasteiger partial charge in [-0.1, -0.05) is 48.9 Å². The molecule has 142 valence electrons. The molecule has 1 N–H and O–H groups in total. The second kappa shape index (κ2) is 7.48. The Balaban J connectivity index is 1.74. The van der Waals surface area contributed by atoms with Crippen molar-refractivity contribution in [3.05, 3.63) is 70.1 Å². The van der Waals surface area contributed by atoms with Crippen molar-refractivity contribution in [2.45, 2.75) is 26.4 Å². The topological polar surface area (TPSA) is 68.9 Å². The maximum Gasteiger partial charge on any atom is 0.291 e. The molecular weight excluding hydrogens is 376 g/mol. The number of hydrogen-bond acceptors (Lipinski definition) is 3. The molecule has 0 spiro atoms. The lowest BCUT2D eigenvalue weighted by Gasteiger charge is -2.09. The summed E-state index contributed by atoms with van der Waals surface area (Å²) in [6, 6.07) is 14.8. The molecular formula is C21H19ClN4O2. The summed E-state index contributed by atoms with van der Waals surface area (Å²) in [5, 5.41) is 9.19. The summed E-state index contributed by atoms with van der Waals surface area (Å²) in [6.45, 7) is 2.60. The number of nitrogens with zero attached hydrogens (tertiary/aromatic N) is 3. The van der Waals surface area contributed by atoms with Crippen LogP contribution >= 0.6 is 11.6 Å². The highest BCUT2D eigenvalue weighted by atomic mass is 35.5. The van der Waals surface area contributed by atoms with Crippen LogP contribution in [0.3, 0.4) is 0 Å². The number of halogens is 1. The summed E-state index contributed by atoms with van der Waals surface area (Å²) in [4.78, 5) is 25.6. The van der Waals surface area contributed by atoms with Crippen LogP contribution in [0, 0.1) is 0 Å². The first kappa shape index (κ1) is 18.3. The van der Waals surface area contributed by atoms with Crippen molar-refractivity contribution in [2.75, 3.05) is 5.32 Å². The van der Waals surface area contributed by atoms with Crippen LogP contribution in [0.2, 0.25) is 5.02 Å². The number of benzene rings is 2. The van der Waals surface area contributed by atoms with E-state index in [1.807, 2.05) is 28.8 Å². The predicted molar refractivity (Wildman–Crippen MR) is 112 cm³/mol. The minimum Gasteiger partial charge on any atom is -0.336 e. The fourth-order valence-corrected chi connectivity index (χ4v) is 3.63. The first-order chi connectivity index (χ1) is 13.6. The van der Waals surface area contributed by atoms with E-state index in [1.54, 1.807) is 30.5 Å². The summed E-state index contributed by atoms with van der Waals surface area (Å²) >= 11 is 6.08. The second-order valence-corrected chi connectivity index (χ2v) is 6.97. The molecule has 0 radical (unpaired) electrons. The lowest BCUT2D eigenvalue weighted by molar-refractivity contribution is -0.117. The van der Waals surface area contributed by atoms with E-state index in [1.165, 1.54) is 4.68 Å². The molecule has 0 atom stereocenters. The number of aryl methyl sites for hydroxylation is 1. The molecule has 0 aliphatic heterocycles. The lowest BCUT2D eigenvalue weighted by Crippen LogP contribution is -2.30. The smallest absolute Gasteiger partial charge is 0.291 e. The number of fused-ring (bicyclic) bond motifs is 3. The Morgan fingerprint density at radius 1 is 1.11 bits per heavy atom. The molecule has 1 amide bonds. The fraction of sp³-hybridized carbons (Fsp3) is 0.190. The van der Waals surface area contributed by atoms with E-state index in [0.717, 1.165) is 29.3 Å². The average molecular weight is 395 g/mol. The third-order valence-electron chi connectivity index (χ3n) is 4.66. The Labute approximate surface area is 166 Å². The number of para-hydroxylation sites is 2. The largest absolute Gasteiger partial charge is 0.336 e. The van der Waals surface area contributed by atoms with E-state index in [-0.39, 0.29) is 18.0 Å². The molecule has 2 heterocycles. The van der Waals surface area contributed by atoms with Crippen molar-refractivity contribution < 1.29 is 4.79 Å². The van der Waals surface area contributed by atoms with Crippen LogP contribution in [0.1, 0.15) is 13.3 Å². The minimum absolute atomic E-state index is 0.187. The van der Waals surface area contributed by atoms with Gasteiger partial charge in [-0.15, -0.1) is 0 Å². The number of aromatic nitrogens is 3. The summed E-state index contributed by atoms with van der Waals surface area (Å²) in [5.41, 5.74) is 1.79. The van der Waals surface area contributed by atoms with Gasteiger partial charge < -0.3 is 9.88 Å². The van der Waals surface area contributed by atoms with E-state index >= 15 is 0 Å². The first-order valence-electron chi connectivity index (χ1n) is 9.11. The van der Waals surface area contributed by atoms with Crippen molar-refractivity contribution >= 4 is 45.0 Å². The number of carbonyl (C=O) groups excluding carboxylic acids is 1. The van der Waals surface area contributed by atoms with Crippen molar-refractivity contribution in [1.29, 1.82) is 0 Å². The van der Waals surface area contributed by atoms with E-state index < -0.39 is 0 Å². The molecule has 0 aliphatic rings. The molecule has 28 heavy (non-hydrogen) atoms. The van der Waals surface area contributed by atoms with Gasteiger partial charge in [-0.3, -0.25) is 9.59 Å². The fourth-order valence-electron chi connectivity index (χ4n) is 3.45. The summed E-state index contributed by atoms with van der Waals surface area (Å²) in [5.74, 6) is -0.361. The monoisotopic (exact) mass is 394 g/mol. The van der Waals surface area contributed by atoms with Crippen molar-refractivity contribution in [1.82, 2.24) is 14.3 Å². The standard InChI is InChI=1S/C21H19ClN4O2/c1-2-11-25-18-10-6-3-7-14(18)15-12-23-26(21(28)20(15)25)13-19(27)24-17-9-5-4-8-16(17)22/h3-10,12H,2,11,13H2,1H3,(H,24,27). The van der Waals surface area contributed by atoms with Gasteiger partial charge >= 0.3 is 0 Å². The molecule has 2 aromatic heterocycles. The normalized spacial score (nSPS) is 11.2. The Morgan fingerprint density at radius 2 is 1.86 bits per heavy atom. The molecule has 6 nitrogen and oxygen atoms in total. The van der Waals surface area contributed by atoms with Gasteiger partial charge in [0.1, 0.15) is 12.1 Å². The molecule has 0 unspecified atom stereocenters. The van der Waals surface area contributed by atoms with Crippen molar-refractivity contribution in [2.24, 2.45) is 0 Å². The third kappa shape index (κ3) is 3.16. The Bertz CT molecular complexity index is 1240. The number of rotatable bonds is 5. The van der Waals surface area contributed by atoms with Gasteiger partial charge in [-0.05, 0) is 24.6 Å². The van der Waals surface area contributed by atoms with Gasteiger partial charge in [0.2, 0.25) is 5.91 Å². The van der Waals surface area contributed by atoms with Crippen LogP contribution in [0.4, 0.5) is 5.69 Å². The molecule has 4 aromatic rings. The number of nitrogens with one attached hydrogen (secondary N) is 1. The van der Waals surface area contributed by atoms with Crippen LogP contribution in [0.15, 0.2) is 59.5 Å². The van der Waals surface area contributed by atoms with Gasteiger partial charge in [0.25, 0.3) is 5.56 Å². The molecule has 0 bridgehead atoms. The van der Waals surface area contributed by atoms with Crippen molar-refractivity contribution in [3.8, 4) is 0 Å². The molecule has 0 aliphatic carbocycles. The van der Waals surface area contributed by atoms with E-state index in [0.29, 0.717) is 16.2 Å². The van der Waals surface area contributed by atoms with Gasteiger partial charge in [0.15, 0.2) is 0 Å². The van der Waals surface area contributed by atoms with E-state index in [4.69, 9.17) is 11.6 Å². The summed E-state index contributed by atoms with van der Waals surface area (Å²) in [7, 11) is 0. The van der Waals surface area contributed by atoms with Crippen LogP contribution < -0.4 is 10.9 Å². The van der Waals surface area contributed by atoms with Gasteiger partial charge in [-0.2, -0.15) is 5.10 Å². The SMILES string of the molecule is CCCn1c2ccccc2c2cnn(CC(=O)Nc3ccccc3Cl)c(=O)c21. The molecule has 7 heteroatoms. The highest BCUT2D eigenvalue weighted by Crippen LogP contribution is 2.26. The van der Waals surface area contributed by atoms with Crippen LogP contribution in [0.5, 0.6) is 0 Å². The molecule has 0 saturated carbocycles. The van der Waals surface area contributed by atoms with Crippen molar-refractivity contribution in [3.63, 3.8) is 0 Å². The zero-order valence-corrected chi connectivity index (χ0v) is 16.1. The molecule has 0 fully saturated rings. The van der Waals surface area contributed by atoms with Gasteiger partial charge in [0, 0.05) is 22.8 Å². The number of anilines is 1.